The standard InChI is InChI=1S/C22H23F3O5/c1-12-19(27)18(10-26)30-21(20(12)28)17-9-14(2-5-15(17)11-29-21)8-13-3-6-16(7-4-13)22(23,24)25/h2-7,9,12,18-20,26-28H,8,10-11H2,1H3/t12?,18?,19-,20+,21-/m0/s1. The van der Waals surface area contributed by atoms with Crippen molar-refractivity contribution in [3.8, 4) is 0 Å². The highest BCUT2D eigenvalue weighted by Crippen LogP contribution is 2.47. The molecule has 8 heteroatoms. The maximum atomic E-state index is 12.8. The van der Waals surface area contributed by atoms with Gasteiger partial charge in [-0.3, -0.25) is 0 Å². The molecule has 0 saturated carbocycles. The first-order valence-electron chi connectivity index (χ1n) is 9.73. The fourth-order valence-corrected chi connectivity index (χ4v) is 4.22. The SMILES string of the molecule is CC1[C@H](O)C(CO)O[C@]2(OCc3ccc(Cc4ccc(C(F)(F)F)cc4)cc32)[C@@H]1O. The maximum Gasteiger partial charge on any atom is 0.416 e. The summed E-state index contributed by atoms with van der Waals surface area (Å²) in [6, 6.07) is 10.5. The van der Waals surface area contributed by atoms with E-state index in [-0.39, 0.29) is 6.61 Å². The molecule has 1 spiro atoms. The number of hydrogen-bond acceptors (Lipinski definition) is 5. The second kappa shape index (κ2) is 7.62. The van der Waals surface area contributed by atoms with E-state index in [2.05, 4.69) is 0 Å². The fourth-order valence-electron chi connectivity index (χ4n) is 4.22. The Hall–Kier alpha value is -1.97. The molecule has 3 N–H and O–H groups in total. The minimum atomic E-state index is -4.38. The largest absolute Gasteiger partial charge is 0.416 e. The van der Waals surface area contributed by atoms with Crippen LogP contribution >= 0.6 is 0 Å². The van der Waals surface area contributed by atoms with E-state index in [4.69, 9.17) is 9.47 Å². The first-order chi connectivity index (χ1) is 14.2. The highest BCUT2D eigenvalue weighted by molar-refractivity contribution is 5.41. The summed E-state index contributed by atoms with van der Waals surface area (Å²) in [5.74, 6) is -2.10. The van der Waals surface area contributed by atoms with Crippen LogP contribution in [-0.2, 0) is 34.5 Å². The van der Waals surface area contributed by atoms with Gasteiger partial charge >= 0.3 is 6.18 Å². The van der Waals surface area contributed by atoms with Crippen LogP contribution in [0.1, 0.15) is 34.7 Å². The Balaban J connectivity index is 1.63. The van der Waals surface area contributed by atoms with Gasteiger partial charge in [0.1, 0.15) is 12.2 Å². The van der Waals surface area contributed by atoms with Gasteiger partial charge in [-0.15, -0.1) is 0 Å². The summed E-state index contributed by atoms with van der Waals surface area (Å²) < 4.78 is 50.0. The molecule has 1 fully saturated rings. The molecule has 162 valence electrons. The van der Waals surface area contributed by atoms with Gasteiger partial charge < -0.3 is 24.8 Å². The van der Waals surface area contributed by atoms with Gasteiger partial charge in [0.25, 0.3) is 0 Å². The summed E-state index contributed by atoms with van der Waals surface area (Å²) in [4.78, 5) is 0. The summed E-state index contributed by atoms with van der Waals surface area (Å²) in [7, 11) is 0. The van der Waals surface area contributed by atoms with E-state index < -0.39 is 48.4 Å². The van der Waals surface area contributed by atoms with E-state index in [1.165, 1.54) is 12.1 Å². The smallest absolute Gasteiger partial charge is 0.394 e. The van der Waals surface area contributed by atoms with Crippen LogP contribution in [0.2, 0.25) is 0 Å². The van der Waals surface area contributed by atoms with Crippen LogP contribution in [0, 0.1) is 5.92 Å². The molecule has 5 atom stereocenters. The van der Waals surface area contributed by atoms with Crippen molar-refractivity contribution in [3.05, 3.63) is 70.3 Å². The van der Waals surface area contributed by atoms with Crippen molar-refractivity contribution in [1.29, 1.82) is 0 Å². The van der Waals surface area contributed by atoms with Crippen LogP contribution in [0.5, 0.6) is 0 Å². The molecular weight excluding hydrogens is 401 g/mol. The van der Waals surface area contributed by atoms with Crippen molar-refractivity contribution in [2.45, 2.75) is 50.2 Å². The number of ether oxygens (including phenoxy) is 2. The molecular formula is C22H23F3O5. The maximum absolute atomic E-state index is 12.8. The summed E-state index contributed by atoms with van der Waals surface area (Å²) in [5, 5.41) is 30.7. The second-order valence-electron chi connectivity index (χ2n) is 7.95. The molecule has 0 amide bonds. The Bertz CT molecular complexity index is 912. The normalized spacial score (nSPS) is 31.2. The lowest BCUT2D eigenvalue weighted by Crippen LogP contribution is -2.60. The van der Waals surface area contributed by atoms with Crippen LogP contribution in [-0.4, -0.2) is 40.2 Å². The van der Waals surface area contributed by atoms with Crippen molar-refractivity contribution in [2.24, 2.45) is 5.92 Å². The van der Waals surface area contributed by atoms with E-state index in [9.17, 15) is 28.5 Å². The Morgan fingerprint density at radius 1 is 1.07 bits per heavy atom. The van der Waals surface area contributed by atoms with Crippen LogP contribution in [0.15, 0.2) is 42.5 Å². The van der Waals surface area contributed by atoms with Gasteiger partial charge in [-0.25, -0.2) is 0 Å². The minimum absolute atomic E-state index is 0.202. The first kappa shape index (κ1) is 21.3. The van der Waals surface area contributed by atoms with Gasteiger partial charge in [0.2, 0.25) is 5.79 Å². The number of alkyl halides is 3. The van der Waals surface area contributed by atoms with E-state index in [0.717, 1.165) is 23.3 Å². The number of fused-ring (bicyclic) bond motifs is 2. The Morgan fingerprint density at radius 3 is 2.37 bits per heavy atom. The lowest BCUT2D eigenvalue weighted by molar-refractivity contribution is -0.359. The topological polar surface area (TPSA) is 79.2 Å². The third-order valence-corrected chi connectivity index (χ3v) is 5.99. The monoisotopic (exact) mass is 424 g/mol. The van der Waals surface area contributed by atoms with Crippen LogP contribution < -0.4 is 0 Å². The molecule has 0 aromatic heterocycles. The molecule has 0 bridgehead atoms. The zero-order valence-corrected chi connectivity index (χ0v) is 16.3. The Labute approximate surface area is 171 Å². The van der Waals surface area contributed by atoms with Gasteiger partial charge in [0, 0.05) is 11.5 Å². The predicted octanol–water partition coefficient (Wildman–Crippen LogP) is 2.73. The lowest BCUT2D eigenvalue weighted by atomic mass is 9.82. The fraction of sp³-hybridized carbons (Fsp3) is 0.455. The quantitative estimate of drug-likeness (QED) is 0.706. The molecule has 30 heavy (non-hydrogen) atoms. The highest BCUT2D eigenvalue weighted by atomic mass is 19.4. The summed E-state index contributed by atoms with van der Waals surface area (Å²) in [5.41, 5.74) is 2.24. The van der Waals surface area contributed by atoms with E-state index in [1.54, 1.807) is 6.92 Å². The van der Waals surface area contributed by atoms with Crippen LogP contribution in [0.4, 0.5) is 13.2 Å². The van der Waals surface area contributed by atoms with E-state index in [0.29, 0.717) is 17.5 Å². The second-order valence-corrected chi connectivity index (χ2v) is 7.95. The number of aliphatic hydroxyl groups excluding tert-OH is 3. The van der Waals surface area contributed by atoms with Gasteiger partial charge in [0.05, 0.1) is 24.9 Å². The van der Waals surface area contributed by atoms with E-state index >= 15 is 0 Å². The summed E-state index contributed by atoms with van der Waals surface area (Å²) >= 11 is 0. The van der Waals surface area contributed by atoms with Crippen molar-refractivity contribution in [3.63, 3.8) is 0 Å². The molecule has 4 rings (SSSR count). The molecule has 1 saturated heterocycles. The number of benzene rings is 2. The number of halogens is 3. The van der Waals surface area contributed by atoms with Gasteiger partial charge in [0.15, 0.2) is 0 Å². The number of rotatable bonds is 3. The zero-order chi connectivity index (χ0) is 21.7. The molecule has 2 aliphatic rings. The highest BCUT2D eigenvalue weighted by Gasteiger charge is 2.57. The summed E-state index contributed by atoms with van der Waals surface area (Å²) in [6.45, 7) is 1.44. The Kier molecular flexibility index (Phi) is 5.40. The predicted molar refractivity (Wildman–Crippen MR) is 100 cm³/mol. The van der Waals surface area contributed by atoms with Gasteiger partial charge in [-0.1, -0.05) is 31.2 Å². The zero-order valence-electron chi connectivity index (χ0n) is 16.3. The van der Waals surface area contributed by atoms with Crippen molar-refractivity contribution < 1.29 is 38.0 Å². The first-order valence-corrected chi connectivity index (χ1v) is 9.73. The molecule has 2 aromatic rings. The molecule has 2 heterocycles. The van der Waals surface area contributed by atoms with Crippen molar-refractivity contribution >= 4 is 0 Å². The van der Waals surface area contributed by atoms with Crippen LogP contribution in [0.3, 0.4) is 0 Å². The van der Waals surface area contributed by atoms with E-state index in [1.807, 2.05) is 18.2 Å². The van der Waals surface area contributed by atoms with Gasteiger partial charge in [-0.05, 0) is 41.3 Å². The third-order valence-electron chi connectivity index (χ3n) is 5.99. The Morgan fingerprint density at radius 2 is 1.73 bits per heavy atom. The minimum Gasteiger partial charge on any atom is -0.394 e. The average Bonchev–Trinajstić information content (AvgIpc) is 3.08. The van der Waals surface area contributed by atoms with Crippen molar-refractivity contribution in [1.82, 2.24) is 0 Å². The molecule has 0 aliphatic carbocycles. The molecule has 2 unspecified atom stereocenters. The molecule has 2 aromatic carbocycles. The molecule has 0 radical (unpaired) electrons. The molecule has 2 aliphatic heterocycles. The summed E-state index contributed by atoms with van der Waals surface area (Å²) in [6.07, 6.45) is -7.10. The number of aliphatic hydroxyl groups is 3. The van der Waals surface area contributed by atoms with Crippen LogP contribution in [0.25, 0.3) is 0 Å². The van der Waals surface area contributed by atoms with Crippen molar-refractivity contribution in [2.75, 3.05) is 6.61 Å². The lowest BCUT2D eigenvalue weighted by Gasteiger charge is -2.47. The molecule has 5 nitrogen and oxygen atoms in total. The number of hydrogen-bond donors (Lipinski definition) is 3. The average molecular weight is 424 g/mol. The third kappa shape index (κ3) is 3.52. The van der Waals surface area contributed by atoms with Gasteiger partial charge in [-0.2, -0.15) is 13.2 Å².